The van der Waals surface area contributed by atoms with Crippen LogP contribution in [0.3, 0.4) is 0 Å². The number of aryl methyl sites for hydroxylation is 1. The van der Waals surface area contributed by atoms with Gasteiger partial charge in [0, 0.05) is 31.6 Å². The van der Waals surface area contributed by atoms with Crippen LogP contribution in [-0.2, 0) is 6.42 Å². The first-order valence-corrected chi connectivity index (χ1v) is 7.28. The summed E-state index contributed by atoms with van der Waals surface area (Å²) >= 11 is 0. The van der Waals surface area contributed by atoms with Gasteiger partial charge in [-0.15, -0.1) is 0 Å². The van der Waals surface area contributed by atoms with Crippen LogP contribution in [0.25, 0.3) is 0 Å². The molecule has 1 fully saturated rings. The van der Waals surface area contributed by atoms with E-state index in [0.29, 0.717) is 6.04 Å². The lowest BCUT2D eigenvalue weighted by molar-refractivity contribution is 0.414. The van der Waals surface area contributed by atoms with Gasteiger partial charge in [0.25, 0.3) is 0 Å². The van der Waals surface area contributed by atoms with E-state index in [1.807, 2.05) is 6.07 Å². The van der Waals surface area contributed by atoms with Crippen LogP contribution in [0, 0.1) is 0 Å². The summed E-state index contributed by atoms with van der Waals surface area (Å²) in [5.74, 6) is 2.78. The Morgan fingerprint density at radius 1 is 1.32 bits per heavy atom. The molecule has 1 aromatic rings. The Morgan fingerprint density at radius 3 is 2.74 bits per heavy atom. The summed E-state index contributed by atoms with van der Waals surface area (Å²) in [5, 5.41) is 6.87. The Hall–Kier alpha value is -1.36. The fourth-order valence-electron chi connectivity index (χ4n) is 2.33. The Labute approximate surface area is 115 Å². The molecule has 0 saturated carbocycles. The van der Waals surface area contributed by atoms with Crippen molar-refractivity contribution in [2.45, 2.75) is 39.2 Å². The van der Waals surface area contributed by atoms with Gasteiger partial charge in [-0.1, -0.05) is 13.8 Å². The molecule has 1 unspecified atom stereocenters. The molecule has 0 radical (unpaired) electrons. The van der Waals surface area contributed by atoms with Gasteiger partial charge < -0.3 is 15.5 Å². The molecule has 5 nitrogen and oxygen atoms in total. The number of hydrogen-bond donors (Lipinski definition) is 2. The summed E-state index contributed by atoms with van der Waals surface area (Å²) in [6.45, 7) is 7.44. The molecule has 2 rings (SSSR count). The normalized spacial score (nSPS) is 19.6. The van der Waals surface area contributed by atoms with Gasteiger partial charge in [-0.2, -0.15) is 0 Å². The summed E-state index contributed by atoms with van der Waals surface area (Å²) in [5.41, 5.74) is 0. The van der Waals surface area contributed by atoms with E-state index < -0.39 is 0 Å². The molecule has 0 aromatic carbocycles. The molecule has 5 heteroatoms. The van der Waals surface area contributed by atoms with Gasteiger partial charge >= 0.3 is 0 Å². The molecule has 0 spiro atoms. The van der Waals surface area contributed by atoms with Gasteiger partial charge in [0.15, 0.2) is 0 Å². The smallest absolute Gasteiger partial charge is 0.132 e. The maximum Gasteiger partial charge on any atom is 0.132 e. The second kappa shape index (κ2) is 6.70. The molecule has 1 aromatic heterocycles. The van der Waals surface area contributed by atoms with Crippen molar-refractivity contribution in [2.75, 3.05) is 37.3 Å². The van der Waals surface area contributed by atoms with Gasteiger partial charge in [0.05, 0.1) is 0 Å². The zero-order valence-electron chi connectivity index (χ0n) is 12.2. The highest BCUT2D eigenvalue weighted by molar-refractivity contribution is 5.48. The molecular formula is C14H25N5. The molecule has 2 heterocycles. The maximum atomic E-state index is 4.57. The molecule has 1 aliphatic rings. The van der Waals surface area contributed by atoms with E-state index in [0.717, 1.165) is 49.9 Å². The number of anilines is 2. The predicted molar refractivity (Wildman–Crippen MR) is 79.7 cm³/mol. The summed E-state index contributed by atoms with van der Waals surface area (Å²) in [6, 6.07) is 2.52. The van der Waals surface area contributed by atoms with Crippen molar-refractivity contribution in [1.29, 1.82) is 0 Å². The Morgan fingerprint density at radius 2 is 2.11 bits per heavy atom. The minimum atomic E-state index is 0.503. The third-order valence-electron chi connectivity index (χ3n) is 3.39. The van der Waals surface area contributed by atoms with Crippen LogP contribution in [0.15, 0.2) is 6.07 Å². The predicted octanol–water partition coefficient (Wildman–Crippen LogP) is 1.98. The monoisotopic (exact) mass is 263 g/mol. The van der Waals surface area contributed by atoms with Crippen molar-refractivity contribution in [3.8, 4) is 0 Å². The van der Waals surface area contributed by atoms with Crippen molar-refractivity contribution in [2.24, 2.45) is 0 Å². The van der Waals surface area contributed by atoms with Crippen LogP contribution >= 0.6 is 0 Å². The molecule has 2 N–H and O–H groups in total. The summed E-state index contributed by atoms with van der Waals surface area (Å²) in [4.78, 5) is 11.4. The van der Waals surface area contributed by atoms with E-state index in [4.69, 9.17) is 0 Å². The fourth-order valence-corrected chi connectivity index (χ4v) is 2.33. The van der Waals surface area contributed by atoms with Crippen molar-refractivity contribution < 1.29 is 0 Å². The Kier molecular flexibility index (Phi) is 4.96. The zero-order valence-corrected chi connectivity index (χ0v) is 12.2. The third kappa shape index (κ3) is 4.06. The van der Waals surface area contributed by atoms with Crippen LogP contribution in [0.2, 0.25) is 0 Å². The van der Waals surface area contributed by atoms with E-state index in [1.165, 1.54) is 6.42 Å². The minimum Gasteiger partial charge on any atom is -0.370 e. The molecule has 1 aliphatic heterocycles. The van der Waals surface area contributed by atoms with Crippen LogP contribution in [0.4, 0.5) is 11.6 Å². The van der Waals surface area contributed by atoms with Crippen LogP contribution in [-0.4, -0.2) is 47.6 Å². The van der Waals surface area contributed by atoms with E-state index >= 15 is 0 Å². The highest BCUT2D eigenvalue weighted by atomic mass is 15.2. The molecule has 1 saturated heterocycles. The number of nitrogens with one attached hydrogen (secondary N) is 2. The van der Waals surface area contributed by atoms with E-state index in [9.17, 15) is 0 Å². The topological polar surface area (TPSA) is 53.1 Å². The van der Waals surface area contributed by atoms with E-state index in [-0.39, 0.29) is 0 Å². The maximum absolute atomic E-state index is 4.57. The molecule has 19 heavy (non-hydrogen) atoms. The summed E-state index contributed by atoms with van der Waals surface area (Å²) < 4.78 is 0. The van der Waals surface area contributed by atoms with Crippen LogP contribution in [0.1, 0.15) is 32.5 Å². The lowest BCUT2D eigenvalue weighted by Crippen LogP contribution is -2.24. The lowest BCUT2D eigenvalue weighted by atomic mass is 10.2. The van der Waals surface area contributed by atoms with E-state index in [2.05, 4.69) is 46.4 Å². The van der Waals surface area contributed by atoms with Crippen molar-refractivity contribution in [3.63, 3.8) is 0 Å². The second-order valence-corrected chi connectivity index (χ2v) is 5.23. The van der Waals surface area contributed by atoms with E-state index in [1.54, 1.807) is 0 Å². The lowest BCUT2D eigenvalue weighted by Gasteiger charge is -2.15. The fraction of sp³-hybridized carbons (Fsp3) is 0.714. The Balaban J connectivity index is 2.05. The number of likely N-dealkylation sites (tertiary alicyclic amines) is 1. The van der Waals surface area contributed by atoms with Crippen molar-refractivity contribution >= 4 is 11.6 Å². The van der Waals surface area contributed by atoms with Gasteiger partial charge in [-0.25, -0.2) is 9.97 Å². The first kappa shape index (κ1) is 14.1. The van der Waals surface area contributed by atoms with Gasteiger partial charge in [0.1, 0.15) is 17.5 Å². The van der Waals surface area contributed by atoms with Crippen LogP contribution in [0.5, 0.6) is 0 Å². The molecule has 106 valence electrons. The van der Waals surface area contributed by atoms with Crippen molar-refractivity contribution in [3.05, 3.63) is 11.9 Å². The molecule has 1 atom stereocenters. The van der Waals surface area contributed by atoms with Gasteiger partial charge in [0.2, 0.25) is 0 Å². The number of nitrogens with zero attached hydrogens (tertiary/aromatic N) is 3. The van der Waals surface area contributed by atoms with Gasteiger partial charge in [-0.3, -0.25) is 0 Å². The summed E-state index contributed by atoms with van der Waals surface area (Å²) in [7, 11) is 2.16. The number of rotatable bonds is 6. The SMILES string of the molecule is CCCNc1cc(NC2CCN(C)C2)nc(CC)n1. The van der Waals surface area contributed by atoms with Crippen LogP contribution < -0.4 is 10.6 Å². The average Bonchev–Trinajstić information content (AvgIpc) is 2.81. The minimum absolute atomic E-state index is 0.503. The molecule has 0 bridgehead atoms. The standard InChI is InChI=1S/C14H25N5/c1-4-7-15-13-9-14(18-12(5-2)17-13)16-11-6-8-19(3)10-11/h9,11H,4-8,10H2,1-3H3,(H2,15,16,17,18). The first-order valence-electron chi connectivity index (χ1n) is 7.28. The zero-order chi connectivity index (χ0) is 13.7. The highest BCUT2D eigenvalue weighted by Crippen LogP contribution is 2.16. The summed E-state index contributed by atoms with van der Waals surface area (Å²) in [6.07, 6.45) is 3.14. The van der Waals surface area contributed by atoms with Crippen molar-refractivity contribution in [1.82, 2.24) is 14.9 Å². The molecule has 0 aliphatic carbocycles. The quantitative estimate of drug-likeness (QED) is 0.822. The second-order valence-electron chi connectivity index (χ2n) is 5.23. The number of aromatic nitrogens is 2. The first-order chi connectivity index (χ1) is 9.21. The number of hydrogen-bond acceptors (Lipinski definition) is 5. The number of likely N-dealkylation sites (N-methyl/N-ethyl adjacent to an activating group) is 1. The third-order valence-corrected chi connectivity index (χ3v) is 3.39. The van der Waals surface area contributed by atoms with Gasteiger partial charge in [-0.05, 0) is 26.4 Å². The molecular weight excluding hydrogens is 238 g/mol. The average molecular weight is 263 g/mol. The largest absolute Gasteiger partial charge is 0.370 e. The molecule has 0 amide bonds. The highest BCUT2D eigenvalue weighted by Gasteiger charge is 2.19. The Bertz CT molecular complexity index is 407.